The molecule has 1 aromatic carbocycles. The Bertz CT molecular complexity index is 907. The lowest BCUT2D eigenvalue weighted by molar-refractivity contribution is -0.274. The number of halogens is 3. The predicted octanol–water partition coefficient (Wildman–Crippen LogP) is 2.59. The van der Waals surface area contributed by atoms with Crippen molar-refractivity contribution in [3.8, 4) is 22.8 Å². The highest BCUT2D eigenvalue weighted by atomic mass is 19.4. The molecule has 126 valence electrons. The number of nitrogens with zero attached hydrogens (tertiary/aromatic N) is 4. The molecule has 0 amide bonds. The van der Waals surface area contributed by atoms with Gasteiger partial charge >= 0.3 is 6.36 Å². The number of anilines is 1. The number of ether oxygens (including phenoxy) is 2. The van der Waals surface area contributed by atoms with E-state index in [1.807, 2.05) is 0 Å². The minimum absolute atomic E-state index is 0.0219. The zero-order valence-electron chi connectivity index (χ0n) is 12.6. The Morgan fingerprint density at radius 1 is 1.17 bits per heavy atom. The lowest BCUT2D eigenvalue weighted by atomic mass is 10.1. The molecule has 0 saturated heterocycles. The fourth-order valence-electron chi connectivity index (χ4n) is 2.26. The van der Waals surface area contributed by atoms with Crippen LogP contribution in [0.25, 0.3) is 16.8 Å². The van der Waals surface area contributed by atoms with E-state index in [4.69, 9.17) is 10.5 Å². The maximum absolute atomic E-state index is 12.7. The van der Waals surface area contributed by atoms with Crippen LogP contribution in [0.4, 0.5) is 19.1 Å². The van der Waals surface area contributed by atoms with Gasteiger partial charge in [-0.1, -0.05) is 0 Å². The topological polar surface area (TPSA) is 87.6 Å². The van der Waals surface area contributed by atoms with E-state index in [1.165, 1.54) is 23.8 Å². The van der Waals surface area contributed by atoms with Crippen molar-refractivity contribution in [1.82, 2.24) is 19.8 Å². The first-order valence-electron chi connectivity index (χ1n) is 6.71. The number of rotatable bonds is 3. The van der Waals surface area contributed by atoms with E-state index >= 15 is 0 Å². The van der Waals surface area contributed by atoms with Crippen LogP contribution >= 0.6 is 0 Å². The molecular formula is C14H12F3N5O2. The number of methoxy groups -OCH3 is 1. The second-order valence-electron chi connectivity index (χ2n) is 4.90. The summed E-state index contributed by atoms with van der Waals surface area (Å²) in [6, 6.07) is 5.67. The summed E-state index contributed by atoms with van der Waals surface area (Å²) in [5.41, 5.74) is 6.97. The van der Waals surface area contributed by atoms with E-state index in [1.54, 1.807) is 13.0 Å². The normalized spacial score (nSPS) is 11.7. The molecule has 0 saturated carbocycles. The smallest absolute Gasteiger partial charge is 0.497 e. The first-order chi connectivity index (χ1) is 11.3. The molecule has 0 radical (unpaired) electrons. The van der Waals surface area contributed by atoms with Crippen molar-refractivity contribution in [3.63, 3.8) is 0 Å². The van der Waals surface area contributed by atoms with Gasteiger partial charge in [0.2, 0.25) is 5.95 Å². The second kappa shape index (κ2) is 5.55. The number of aromatic nitrogens is 4. The van der Waals surface area contributed by atoms with Crippen molar-refractivity contribution in [1.29, 1.82) is 0 Å². The van der Waals surface area contributed by atoms with Crippen molar-refractivity contribution < 1.29 is 22.6 Å². The van der Waals surface area contributed by atoms with Crippen molar-refractivity contribution >= 4 is 11.5 Å². The molecular weight excluding hydrogens is 327 g/mol. The van der Waals surface area contributed by atoms with Crippen LogP contribution in [0.1, 0.15) is 5.69 Å². The highest BCUT2D eigenvalue weighted by Gasteiger charge is 2.33. The van der Waals surface area contributed by atoms with Gasteiger partial charge in [0.15, 0.2) is 0 Å². The molecule has 0 aliphatic heterocycles. The zero-order chi connectivity index (χ0) is 17.5. The molecule has 7 nitrogen and oxygen atoms in total. The van der Waals surface area contributed by atoms with Crippen LogP contribution in [0.2, 0.25) is 0 Å². The fraction of sp³-hybridized carbons (Fsp3) is 0.214. The molecule has 2 aromatic heterocycles. The minimum Gasteiger partial charge on any atom is -0.497 e. The molecule has 0 atom stereocenters. The highest BCUT2D eigenvalue weighted by Crippen LogP contribution is 2.37. The Kier molecular flexibility index (Phi) is 3.66. The van der Waals surface area contributed by atoms with Gasteiger partial charge in [-0.05, 0) is 25.1 Å². The summed E-state index contributed by atoms with van der Waals surface area (Å²) in [6.45, 7) is 1.72. The summed E-state index contributed by atoms with van der Waals surface area (Å²) in [5.74, 6) is -0.225. The largest absolute Gasteiger partial charge is 0.573 e. The van der Waals surface area contributed by atoms with Crippen LogP contribution in [-0.2, 0) is 0 Å². The van der Waals surface area contributed by atoms with Crippen LogP contribution in [0.15, 0.2) is 24.3 Å². The number of nitrogen functional groups attached to an aromatic ring is 1. The van der Waals surface area contributed by atoms with Crippen molar-refractivity contribution in [2.75, 3.05) is 12.8 Å². The number of hydrogen-bond acceptors (Lipinski definition) is 6. The van der Waals surface area contributed by atoms with E-state index in [2.05, 4.69) is 20.0 Å². The number of benzene rings is 1. The molecule has 10 heteroatoms. The predicted molar refractivity (Wildman–Crippen MR) is 78.6 cm³/mol. The average molecular weight is 339 g/mol. The Hall–Kier alpha value is -3.04. The van der Waals surface area contributed by atoms with E-state index in [0.29, 0.717) is 11.2 Å². The molecule has 0 bridgehead atoms. The van der Waals surface area contributed by atoms with Gasteiger partial charge < -0.3 is 15.2 Å². The molecule has 24 heavy (non-hydrogen) atoms. The summed E-state index contributed by atoms with van der Waals surface area (Å²) in [7, 11) is 1.34. The molecule has 2 N–H and O–H groups in total. The number of nitrogens with two attached hydrogens (primary N) is 1. The highest BCUT2D eigenvalue weighted by molar-refractivity contribution is 5.81. The average Bonchev–Trinajstić information content (AvgIpc) is 2.89. The van der Waals surface area contributed by atoms with Gasteiger partial charge in [0, 0.05) is 11.6 Å². The van der Waals surface area contributed by atoms with Gasteiger partial charge in [0.05, 0.1) is 18.3 Å². The lowest BCUT2D eigenvalue weighted by Crippen LogP contribution is -2.18. The molecule has 2 heterocycles. The summed E-state index contributed by atoms with van der Waals surface area (Å²) in [5, 5.41) is 11.8. The number of hydrogen-bond donors (Lipinski definition) is 1. The third kappa shape index (κ3) is 2.90. The fourth-order valence-corrected chi connectivity index (χ4v) is 2.26. The van der Waals surface area contributed by atoms with Gasteiger partial charge in [-0.15, -0.1) is 23.4 Å². The molecule has 0 aliphatic carbocycles. The van der Waals surface area contributed by atoms with Crippen LogP contribution in [0.3, 0.4) is 0 Å². The Balaban J connectivity index is 2.24. The molecule has 0 fully saturated rings. The Morgan fingerprint density at radius 3 is 2.58 bits per heavy atom. The summed E-state index contributed by atoms with van der Waals surface area (Å²) in [6.07, 6.45) is -4.87. The number of fused-ring (bicyclic) bond motifs is 1. The molecule has 3 rings (SSSR count). The lowest BCUT2D eigenvalue weighted by Gasteiger charge is -2.14. The maximum atomic E-state index is 12.7. The van der Waals surface area contributed by atoms with Crippen molar-refractivity contribution in [3.05, 3.63) is 30.0 Å². The van der Waals surface area contributed by atoms with Gasteiger partial charge in [-0.3, -0.25) is 0 Å². The molecule has 3 aromatic rings. The van der Waals surface area contributed by atoms with Crippen LogP contribution in [0.5, 0.6) is 11.5 Å². The number of aryl methyl sites for hydroxylation is 1. The van der Waals surface area contributed by atoms with E-state index in [9.17, 15) is 13.2 Å². The monoisotopic (exact) mass is 339 g/mol. The van der Waals surface area contributed by atoms with E-state index in [-0.39, 0.29) is 23.0 Å². The number of alkyl halides is 3. The van der Waals surface area contributed by atoms with Gasteiger partial charge in [-0.25, -0.2) is 0 Å². The quantitative estimate of drug-likeness (QED) is 0.789. The summed E-state index contributed by atoms with van der Waals surface area (Å²) in [4.78, 5) is 0. The zero-order valence-corrected chi connectivity index (χ0v) is 12.6. The summed E-state index contributed by atoms with van der Waals surface area (Å²) < 4.78 is 48.5. The molecule has 0 unspecified atom stereocenters. The molecule has 0 aliphatic rings. The minimum atomic E-state index is -4.87. The van der Waals surface area contributed by atoms with E-state index < -0.39 is 12.1 Å². The first kappa shape index (κ1) is 15.8. The van der Waals surface area contributed by atoms with Crippen molar-refractivity contribution in [2.45, 2.75) is 13.3 Å². The van der Waals surface area contributed by atoms with Gasteiger partial charge in [0.25, 0.3) is 0 Å². The third-order valence-corrected chi connectivity index (χ3v) is 3.21. The van der Waals surface area contributed by atoms with Crippen LogP contribution in [0, 0.1) is 6.92 Å². The van der Waals surface area contributed by atoms with E-state index in [0.717, 1.165) is 6.07 Å². The SMILES string of the molecule is COc1ccc(-c2nnc(N)n3nc(C)cc23)c(OC(F)(F)F)c1. The Morgan fingerprint density at radius 2 is 1.92 bits per heavy atom. The first-order valence-corrected chi connectivity index (χ1v) is 6.71. The van der Waals surface area contributed by atoms with Gasteiger partial charge in [-0.2, -0.15) is 9.61 Å². The standard InChI is InChI=1S/C14H12F3N5O2/c1-7-5-10-12(19-20-13(18)22(10)21-7)9-4-3-8(23-2)6-11(9)24-14(15,16)17/h3-6H,1-2H3,(H2,18,20). The van der Waals surface area contributed by atoms with Crippen molar-refractivity contribution in [2.24, 2.45) is 0 Å². The molecule has 0 spiro atoms. The van der Waals surface area contributed by atoms with Crippen LogP contribution in [-0.4, -0.2) is 33.3 Å². The second-order valence-corrected chi connectivity index (χ2v) is 4.90. The third-order valence-electron chi connectivity index (χ3n) is 3.21. The summed E-state index contributed by atoms with van der Waals surface area (Å²) >= 11 is 0. The van der Waals surface area contributed by atoms with Gasteiger partial charge in [0.1, 0.15) is 17.2 Å². The van der Waals surface area contributed by atoms with Crippen LogP contribution < -0.4 is 15.2 Å². The Labute approximate surface area is 133 Å². The maximum Gasteiger partial charge on any atom is 0.573 e.